The number of nitrogens with zero attached hydrogens (tertiary/aromatic N) is 2. The third kappa shape index (κ3) is 2.28. The molecule has 2 saturated heterocycles. The molecule has 0 N–H and O–H groups in total. The van der Waals surface area contributed by atoms with Crippen LogP contribution in [0.3, 0.4) is 0 Å². The number of carbonyl (C=O) groups is 3. The Bertz CT molecular complexity index is 1020. The van der Waals surface area contributed by atoms with Crippen molar-refractivity contribution in [3.05, 3.63) is 42.0 Å². The summed E-state index contributed by atoms with van der Waals surface area (Å²) in [6.45, 7) is 1.40. The second-order valence-electron chi connectivity index (χ2n) is 9.13. The molecule has 4 aliphatic heterocycles. The molecule has 1 amide bonds. The van der Waals surface area contributed by atoms with Crippen molar-refractivity contribution in [2.45, 2.75) is 42.2 Å². The molecule has 1 aromatic carbocycles. The van der Waals surface area contributed by atoms with E-state index in [0.29, 0.717) is 43.5 Å². The van der Waals surface area contributed by atoms with Gasteiger partial charge < -0.3 is 14.2 Å². The topological polar surface area (TPSA) is 85.4 Å². The zero-order valence-electron chi connectivity index (χ0n) is 18.6. The molecule has 0 unspecified atom stereocenters. The van der Waals surface area contributed by atoms with Crippen molar-refractivity contribution in [2.75, 3.05) is 39.3 Å². The van der Waals surface area contributed by atoms with E-state index in [1.807, 2.05) is 24.3 Å². The van der Waals surface area contributed by atoms with Crippen LogP contribution in [0, 0.1) is 5.92 Å². The van der Waals surface area contributed by atoms with Crippen LogP contribution >= 0.6 is 0 Å². The quantitative estimate of drug-likeness (QED) is 0.397. The molecule has 4 heterocycles. The largest absolute Gasteiger partial charge is 0.469 e. The second-order valence-corrected chi connectivity index (χ2v) is 9.13. The van der Waals surface area contributed by atoms with Gasteiger partial charge in [-0.1, -0.05) is 30.4 Å². The van der Waals surface area contributed by atoms with E-state index in [9.17, 15) is 14.4 Å². The number of esters is 2. The number of fused-ring (bicyclic) bond motifs is 4. The lowest BCUT2D eigenvalue weighted by Gasteiger charge is -2.60. The Morgan fingerprint density at radius 2 is 1.78 bits per heavy atom. The second kappa shape index (κ2) is 7.07. The zero-order valence-corrected chi connectivity index (χ0v) is 18.6. The monoisotopic (exact) mass is 440 g/mol. The van der Waals surface area contributed by atoms with Crippen molar-refractivity contribution in [3.8, 4) is 0 Å². The first-order chi connectivity index (χ1) is 15.4. The normalized spacial score (nSPS) is 34.7. The lowest BCUT2D eigenvalue weighted by atomic mass is 9.51. The van der Waals surface area contributed by atoms with Crippen LogP contribution in [0.4, 0.5) is 10.5 Å². The summed E-state index contributed by atoms with van der Waals surface area (Å²) >= 11 is 0. The molecule has 1 aromatic rings. The molecule has 2 spiro atoms. The maximum Gasteiger partial charge on any atom is 0.414 e. The molecule has 0 radical (unpaired) electrons. The number of benzene rings is 1. The highest BCUT2D eigenvalue weighted by molar-refractivity contribution is 6.03. The summed E-state index contributed by atoms with van der Waals surface area (Å²) in [6, 6.07) is 7.37. The van der Waals surface area contributed by atoms with Crippen molar-refractivity contribution in [3.63, 3.8) is 0 Å². The van der Waals surface area contributed by atoms with Crippen molar-refractivity contribution >= 4 is 23.7 Å². The van der Waals surface area contributed by atoms with E-state index >= 15 is 0 Å². The molecule has 6 rings (SSSR count). The van der Waals surface area contributed by atoms with Gasteiger partial charge in [0.15, 0.2) is 0 Å². The van der Waals surface area contributed by atoms with Gasteiger partial charge >= 0.3 is 18.0 Å². The van der Waals surface area contributed by atoms with Gasteiger partial charge in [-0.15, -0.1) is 0 Å². The van der Waals surface area contributed by atoms with Crippen LogP contribution in [0.2, 0.25) is 0 Å². The van der Waals surface area contributed by atoms with Crippen LogP contribution < -0.4 is 4.90 Å². The van der Waals surface area contributed by atoms with Gasteiger partial charge in [-0.05, 0) is 37.3 Å². The fraction of sp³-hybridized carbons (Fsp3) is 0.542. The highest BCUT2D eigenvalue weighted by Crippen LogP contribution is 2.65. The van der Waals surface area contributed by atoms with Gasteiger partial charge in [0.2, 0.25) is 0 Å². The number of carbonyl (C=O) groups excluding carboxylic acids is 3. The molecule has 8 nitrogen and oxygen atoms in total. The molecular weight excluding hydrogens is 412 g/mol. The predicted octanol–water partition coefficient (Wildman–Crippen LogP) is 2.41. The molecule has 1 saturated carbocycles. The summed E-state index contributed by atoms with van der Waals surface area (Å²) < 4.78 is 15.9. The van der Waals surface area contributed by atoms with Crippen LogP contribution in [0.25, 0.3) is 0 Å². The van der Waals surface area contributed by atoms with Crippen LogP contribution in [0.15, 0.2) is 36.4 Å². The number of methoxy groups -OCH3 is 3. The standard InChI is InChI=1S/C24H28N2O6/c1-30-19(27)17-15-22-9-6-13-25(22)14-12-23(20(28)31-2)16-7-4-5-8-18(16)26(21(29)32-3)24(17,23)11-10-22/h4-9,17H,10-15H2,1-3H3/t17-,22-,23+,24-/m0/s1. The molecule has 3 fully saturated rings. The highest BCUT2D eigenvalue weighted by atomic mass is 16.5. The Morgan fingerprint density at radius 3 is 2.50 bits per heavy atom. The average molecular weight is 440 g/mol. The van der Waals surface area contributed by atoms with Crippen molar-refractivity contribution < 1.29 is 28.6 Å². The van der Waals surface area contributed by atoms with Gasteiger partial charge in [0, 0.05) is 18.6 Å². The summed E-state index contributed by atoms with van der Waals surface area (Å²) in [5.74, 6) is -1.61. The van der Waals surface area contributed by atoms with Gasteiger partial charge in [0.25, 0.3) is 0 Å². The summed E-state index contributed by atoms with van der Waals surface area (Å²) in [6.07, 6.45) is 5.74. The first-order valence-electron chi connectivity index (χ1n) is 11.0. The molecule has 170 valence electrons. The molecule has 2 bridgehead atoms. The van der Waals surface area contributed by atoms with Crippen molar-refractivity contribution in [1.29, 1.82) is 0 Å². The van der Waals surface area contributed by atoms with Crippen molar-refractivity contribution in [1.82, 2.24) is 4.90 Å². The van der Waals surface area contributed by atoms with E-state index in [1.165, 1.54) is 21.3 Å². The fourth-order valence-electron chi connectivity index (χ4n) is 7.08. The van der Waals surface area contributed by atoms with Gasteiger partial charge in [-0.2, -0.15) is 0 Å². The zero-order chi connectivity index (χ0) is 22.7. The molecule has 8 heteroatoms. The molecule has 4 atom stereocenters. The number of anilines is 1. The highest BCUT2D eigenvalue weighted by Gasteiger charge is 2.75. The summed E-state index contributed by atoms with van der Waals surface area (Å²) in [5.41, 5.74) is -1.40. The molecule has 0 aromatic heterocycles. The summed E-state index contributed by atoms with van der Waals surface area (Å²) in [5, 5.41) is 0. The predicted molar refractivity (Wildman–Crippen MR) is 115 cm³/mol. The van der Waals surface area contributed by atoms with E-state index in [4.69, 9.17) is 14.2 Å². The number of rotatable bonds is 2. The maximum atomic E-state index is 13.8. The number of hydrogen-bond acceptors (Lipinski definition) is 7. The number of hydrogen-bond donors (Lipinski definition) is 0. The Morgan fingerprint density at radius 1 is 1.00 bits per heavy atom. The van der Waals surface area contributed by atoms with E-state index < -0.39 is 34.9 Å². The lowest BCUT2D eigenvalue weighted by molar-refractivity contribution is -0.164. The molecule has 32 heavy (non-hydrogen) atoms. The summed E-state index contributed by atoms with van der Waals surface area (Å²) in [7, 11) is 4.04. The van der Waals surface area contributed by atoms with Gasteiger partial charge in [-0.3, -0.25) is 19.4 Å². The third-order valence-corrected chi connectivity index (χ3v) is 8.33. The first-order valence-corrected chi connectivity index (χ1v) is 11.0. The smallest absolute Gasteiger partial charge is 0.414 e. The van der Waals surface area contributed by atoms with E-state index in [1.54, 1.807) is 4.90 Å². The Hall–Kier alpha value is -2.87. The van der Waals surface area contributed by atoms with Crippen LogP contribution in [0.5, 0.6) is 0 Å². The minimum absolute atomic E-state index is 0.289. The number of ether oxygens (including phenoxy) is 3. The fourth-order valence-corrected chi connectivity index (χ4v) is 7.08. The van der Waals surface area contributed by atoms with Gasteiger partial charge in [-0.25, -0.2) is 4.79 Å². The summed E-state index contributed by atoms with van der Waals surface area (Å²) in [4.78, 5) is 44.4. The average Bonchev–Trinajstić information content (AvgIpc) is 3.30. The number of para-hydroxylation sites is 1. The van der Waals surface area contributed by atoms with E-state index in [2.05, 4.69) is 17.1 Å². The van der Waals surface area contributed by atoms with Gasteiger partial charge in [0.05, 0.1) is 38.5 Å². The molecular formula is C24H28N2O6. The van der Waals surface area contributed by atoms with Crippen LogP contribution in [-0.2, 0) is 29.2 Å². The SMILES string of the molecule is COC(=O)[C@@H]1C[C@@]23C=CCN2CC[C@]2(C(=O)OC)c4ccccc4N(C(=O)OC)[C@@]12CC3. The Balaban J connectivity index is 1.86. The van der Waals surface area contributed by atoms with Crippen molar-refractivity contribution in [2.24, 2.45) is 5.92 Å². The lowest BCUT2D eigenvalue weighted by Crippen LogP contribution is -2.74. The minimum atomic E-state index is -1.22. The maximum absolute atomic E-state index is 13.8. The first kappa shape index (κ1) is 21.0. The van der Waals surface area contributed by atoms with Gasteiger partial charge in [0.1, 0.15) is 5.41 Å². The van der Waals surface area contributed by atoms with Crippen LogP contribution in [-0.4, -0.2) is 68.4 Å². The molecule has 5 aliphatic rings. The minimum Gasteiger partial charge on any atom is -0.469 e. The van der Waals surface area contributed by atoms with E-state index in [0.717, 1.165) is 6.54 Å². The Kier molecular flexibility index (Phi) is 4.64. The van der Waals surface area contributed by atoms with E-state index in [-0.39, 0.29) is 5.54 Å². The molecule has 1 aliphatic carbocycles. The van der Waals surface area contributed by atoms with Crippen LogP contribution in [0.1, 0.15) is 31.2 Å². The Labute approximate surface area is 187 Å². The number of amides is 1. The third-order valence-electron chi connectivity index (χ3n) is 8.33.